The number of sulfonamides is 1. The van der Waals surface area contributed by atoms with Gasteiger partial charge in [0.05, 0.1) is 11.8 Å². The molecule has 2 aliphatic rings. The minimum atomic E-state index is -3.17. The van der Waals surface area contributed by atoms with Crippen LogP contribution in [0.25, 0.3) is 0 Å². The molecule has 1 fully saturated rings. The van der Waals surface area contributed by atoms with Crippen molar-refractivity contribution >= 4 is 15.9 Å². The van der Waals surface area contributed by atoms with E-state index in [-0.39, 0.29) is 29.2 Å². The summed E-state index contributed by atoms with van der Waals surface area (Å²) in [5.74, 6) is 0.794. The van der Waals surface area contributed by atoms with Crippen molar-refractivity contribution in [1.29, 1.82) is 0 Å². The zero-order valence-corrected chi connectivity index (χ0v) is 16.5. The molecular weight excluding hydrogens is 352 g/mol. The van der Waals surface area contributed by atoms with E-state index in [4.69, 9.17) is 4.74 Å². The Morgan fingerprint density at radius 2 is 1.92 bits per heavy atom. The number of fused-ring (bicyclic) bond motifs is 1. The summed E-state index contributed by atoms with van der Waals surface area (Å²) in [5.41, 5.74) is 0.663. The number of hydrogen-bond acceptors (Lipinski definition) is 4. The van der Waals surface area contributed by atoms with Crippen molar-refractivity contribution in [3.8, 4) is 5.75 Å². The van der Waals surface area contributed by atoms with Crippen LogP contribution in [0.3, 0.4) is 0 Å². The summed E-state index contributed by atoms with van der Waals surface area (Å²) in [4.78, 5) is 12.8. The van der Waals surface area contributed by atoms with Gasteiger partial charge in [-0.3, -0.25) is 4.79 Å². The van der Waals surface area contributed by atoms with E-state index >= 15 is 0 Å². The second-order valence-corrected chi connectivity index (χ2v) is 10.00. The van der Waals surface area contributed by atoms with Gasteiger partial charge in [0.2, 0.25) is 15.9 Å². The quantitative estimate of drug-likeness (QED) is 0.871. The molecule has 2 heterocycles. The van der Waals surface area contributed by atoms with Gasteiger partial charge in [0.25, 0.3) is 0 Å². The normalized spacial score (nSPS) is 23.7. The van der Waals surface area contributed by atoms with Crippen LogP contribution >= 0.6 is 0 Å². The van der Waals surface area contributed by atoms with E-state index in [2.05, 4.69) is 5.32 Å². The molecule has 7 heteroatoms. The summed E-state index contributed by atoms with van der Waals surface area (Å²) in [6.07, 6.45) is 1.84. The zero-order valence-electron chi connectivity index (χ0n) is 15.7. The number of nitrogens with one attached hydrogen (secondary N) is 1. The van der Waals surface area contributed by atoms with Crippen molar-refractivity contribution in [3.05, 3.63) is 29.8 Å². The maximum Gasteiger partial charge on any atom is 0.223 e. The molecule has 2 aliphatic heterocycles. The first-order valence-electron chi connectivity index (χ1n) is 9.28. The molecule has 0 bridgehead atoms. The monoisotopic (exact) mass is 380 g/mol. The zero-order chi connectivity index (χ0) is 18.9. The van der Waals surface area contributed by atoms with E-state index in [1.54, 1.807) is 6.92 Å². The van der Waals surface area contributed by atoms with Gasteiger partial charge in [-0.1, -0.05) is 18.2 Å². The Bertz CT molecular complexity index is 767. The number of nitrogens with zero attached hydrogens (tertiary/aromatic N) is 1. The van der Waals surface area contributed by atoms with Gasteiger partial charge in [-0.05, 0) is 39.7 Å². The lowest BCUT2D eigenvalue weighted by molar-refractivity contribution is -0.127. The highest BCUT2D eigenvalue weighted by Crippen LogP contribution is 2.39. The van der Waals surface area contributed by atoms with Gasteiger partial charge in [0.1, 0.15) is 11.4 Å². The summed E-state index contributed by atoms with van der Waals surface area (Å²) < 4.78 is 31.5. The van der Waals surface area contributed by atoms with Crippen molar-refractivity contribution in [2.75, 3.05) is 18.8 Å². The summed E-state index contributed by atoms with van der Waals surface area (Å²) in [6, 6.07) is 7.73. The third-order valence-electron chi connectivity index (χ3n) is 5.28. The molecule has 0 saturated carbocycles. The average Bonchev–Trinajstić information content (AvgIpc) is 2.61. The number of carbonyl (C=O) groups is 1. The second kappa shape index (κ2) is 7.19. The lowest BCUT2D eigenvalue weighted by atomic mass is 9.88. The van der Waals surface area contributed by atoms with Crippen LogP contribution in [-0.4, -0.2) is 43.1 Å². The summed E-state index contributed by atoms with van der Waals surface area (Å²) in [6.45, 7) is 6.54. The summed E-state index contributed by atoms with van der Waals surface area (Å²) >= 11 is 0. The molecule has 0 aromatic heterocycles. The van der Waals surface area contributed by atoms with Gasteiger partial charge in [0.15, 0.2) is 0 Å². The molecule has 1 saturated heterocycles. The lowest BCUT2D eigenvalue weighted by Gasteiger charge is -2.38. The lowest BCUT2D eigenvalue weighted by Crippen LogP contribution is -2.46. The predicted octanol–water partition coefficient (Wildman–Crippen LogP) is 2.47. The van der Waals surface area contributed by atoms with E-state index in [0.29, 0.717) is 32.4 Å². The van der Waals surface area contributed by atoms with E-state index in [1.165, 1.54) is 4.31 Å². The number of amides is 1. The average molecular weight is 381 g/mol. The van der Waals surface area contributed by atoms with Crippen molar-refractivity contribution in [2.24, 2.45) is 5.92 Å². The minimum Gasteiger partial charge on any atom is -0.487 e. The first-order chi connectivity index (χ1) is 12.2. The van der Waals surface area contributed by atoms with Crippen LogP contribution in [0.4, 0.5) is 0 Å². The highest BCUT2D eigenvalue weighted by molar-refractivity contribution is 7.89. The standard InChI is InChI=1S/C19H28N2O4S/c1-4-26(23,24)21-11-9-14(10-12-21)18(22)20-16-13-19(2,3)25-17-8-6-5-7-15(16)17/h5-8,14,16H,4,9-13H2,1-3H3,(H,20,22). The van der Waals surface area contributed by atoms with Gasteiger partial charge in [0, 0.05) is 31.0 Å². The van der Waals surface area contributed by atoms with Crippen molar-refractivity contribution in [3.63, 3.8) is 0 Å². The number of hydrogen-bond donors (Lipinski definition) is 1. The molecular formula is C19H28N2O4S. The summed E-state index contributed by atoms with van der Waals surface area (Å²) in [7, 11) is -3.17. The van der Waals surface area contributed by atoms with Crippen molar-refractivity contribution < 1.29 is 17.9 Å². The molecule has 1 atom stereocenters. The van der Waals surface area contributed by atoms with E-state index < -0.39 is 10.0 Å². The molecule has 1 aromatic rings. The van der Waals surface area contributed by atoms with Gasteiger partial charge in [-0.25, -0.2) is 12.7 Å². The molecule has 6 nitrogen and oxygen atoms in total. The molecule has 0 radical (unpaired) electrons. The smallest absolute Gasteiger partial charge is 0.223 e. The Kier molecular flexibility index (Phi) is 5.30. The van der Waals surface area contributed by atoms with Crippen molar-refractivity contribution in [1.82, 2.24) is 9.62 Å². The molecule has 1 unspecified atom stereocenters. The van der Waals surface area contributed by atoms with E-state index in [1.807, 2.05) is 38.1 Å². The number of piperidine rings is 1. The fourth-order valence-corrected chi connectivity index (χ4v) is 4.93. The predicted molar refractivity (Wildman–Crippen MR) is 100 cm³/mol. The number of para-hydroxylation sites is 1. The minimum absolute atomic E-state index is 0.0102. The second-order valence-electron chi connectivity index (χ2n) is 7.74. The third kappa shape index (κ3) is 4.04. The van der Waals surface area contributed by atoms with Gasteiger partial charge in [-0.2, -0.15) is 0 Å². The van der Waals surface area contributed by atoms with Crippen LogP contribution in [-0.2, 0) is 14.8 Å². The van der Waals surface area contributed by atoms with E-state index in [0.717, 1.165) is 11.3 Å². The highest BCUT2D eigenvalue weighted by Gasteiger charge is 2.36. The van der Waals surface area contributed by atoms with Crippen LogP contribution in [0, 0.1) is 5.92 Å². The first kappa shape index (κ1) is 19.2. The van der Waals surface area contributed by atoms with Gasteiger partial charge >= 0.3 is 0 Å². The Morgan fingerprint density at radius 3 is 2.58 bits per heavy atom. The molecule has 26 heavy (non-hydrogen) atoms. The SMILES string of the molecule is CCS(=O)(=O)N1CCC(C(=O)NC2CC(C)(C)Oc3ccccc32)CC1. The third-order valence-corrected chi connectivity index (χ3v) is 7.16. The van der Waals surface area contributed by atoms with Crippen LogP contribution in [0.2, 0.25) is 0 Å². The van der Waals surface area contributed by atoms with Crippen LogP contribution in [0.1, 0.15) is 51.6 Å². The van der Waals surface area contributed by atoms with Gasteiger partial charge < -0.3 is 10.1 Å². The van der Waals surface area contributed by atoms with Crippen LogP contribution in [0.15, 0.2) is 24.3 Å². The number of carbonyl (C=O) groups excluding carboxylic acids is 1. The summed E-state index contributed by atoms with van der Waals surface area (Å²) in [5, 5.41) is 3.18. The van der Waals surface area contributed by atoms with Crippen LogP contribution in [0.5, 0.6) is 5.75 Å². The molecule has 0 spiro atoms. The maximum absolute atomic E-state index is 12.8. The molecule has 144 valence electrons. The van der Waals surface area contributed by atoms with Gasteiger partial charge in [-0.15, -0.1) is 0 Å². The first-order valence-corrected chi connectivity index (χ1v) is 10.9. The molecule has 0 aliphatic carbocycles. The topological polar surface area (TPSA) is 75.7 Å². The number of ether oxygens (including phenoxy) is 1. The Labute approximate surface area is 156 Å². The Hall–Kier alpha value is -1.60. The largest absolute Gasteiger partial charge is 0.487 e. The maximum atomic E-state index is 12.8. The Balaban J connectivity index is 1.66. The Morgan fingerprint density at radius 1 is 1.27 bits per heavy atom. The fraction of sp³-hybridized carbons (Fsp3) is 0.632. The number of rotatable bonds is 4. The fourth-order valence-electron chi connectivity index (χ4n) is 3.80. The number of benzene rings is 1. The van der Waals surface area contributed by atoms with Crippen LogP contribution < -0.4 is 10.1 Å². The molecule has 1 amide bonds. The highest BCUT2D eigenvalue weighted by atomic mass is 32.2. The molecule has 1 N–H and O–H groups in total. The molecule has 3 rings (SSSR count). The van der Waals surface area contributed by atoms with Crippen molar-refractivity contribution in [2.45, 2.75) is 51.7 Å². The van der Waals surface area contributed by atoms with E-state index in [9.17, 15) is 13.2 Å². The molecule has 1 aromatic carbocycles.